The number of anilines is 1. The van der Waals surface area contributed by atoms with Gasteiger partial charge in [0.25, 0.3) is 0 Å². The van der Waals surface area contributed by atoms with Crippen LogP contribution in [0.2, 0.25) is 0 Å². The molecule has 1 aliphatic heterocycles. The summed E-state index contributed by atoms with van der Waals surface area (Å²) in [4.78, 5) is 17.6. The summed E-state index contributed by atoms with van der Waals surface area (Å²) in [6, 6.07) is 1.99. The van der Waals surface area contributed by atoms with Gasteiger partial charge in [-0.25, -0.2) is 4.98 Å². The van der Waals surface area contributed by atoms with Crippen LogP contribution in [0.1, 0.15) is 12.8 Å². The molecule has 0 aromatic carbocycles. The smallest absolute Gasteiger partial charge is 0.234 e. The first-order valence-electron chi connectivity index (χ1n) is 5.10. The van der Waals surface area contributed by atoms with Crippen molar-refractivity contribution in [2.24, 2.45) is 0 Å². The van der Waals surface area contributed by atoms with Gasteiger partial charge in [-0.15, -0.1) is 11.3 Å². The number of rotatable bonds is 3. The van der Waals surface area contributed by atoms with E-state index in [1.807, 2.05) is 11.4 Å². The molecule has 1 atom stereocenters. The number of nitrogens with zero attached hydrogens (tertiary/aromatic N) is 3. The molecule has 5 nitrogen and oxygen atoms in total. The van der Waals surface area contributed by atoms with Crippen molar-refractivity contribution in [3.63, 3.8) is 0 Å². The molecule has 0 bridgehead atoms. The van der Waals surface area contributed by atoms with Crippen molar-refractivity contribution in [2.45, 2.75) is 18.9 Å². The molecule has 16 heavy (non-hydrogen) atoms. The van der Waals surface area contributed by atoms with Crippen LogP contribution >= 0.6 is 11.3 Å². The van der Waals surface area contributed by atoms with Crippen LogP contribution in [-0.4, -0.2) is 30.0 Å². The molecule has 1 amide bonds. The van der Waals surface area contributed by atoms with Gasteiger partial charge >= 0.3 is 0 Å². The van der Waals surface area contributed by atoms with Gasteiger partial charge < -0.3 is 10.2 Å². The highest BCUT2D eigenvalue weighted by molar-refractivity contribution is 7.13. The van der Waals surface area contributed by atoms with Crippen molar-refractivity contribution >= 4 is 22.4 Å². The number of nitriles is 1. The maximum atomic E-state index is 11.2. The van der Waals surface area contributed by atoms with Crippen molar-refractivity contribution in [1.29, 1.82) is 5.26 Å². The Kier molecular flexibility index (Phi) is 3.37. The lowest BCUT2D eigenvalue weighted by Gasteiger charge is -2.15. The molecule has 2 rings (SSSR count). The molecular weight excluding hydrogens is 224 g/mol. The highest BCUT2D eigenvalue weighted by Crippen LogP contribution is 2.22. The fourth-order valence-electron chi connectivity index (χ4n) is 1.77. The van der Waals surface area contributed by atoms with E-state index in [9.17, 15) is 4.79 Å². The fourth-order valence-corrected chi connectivity index (χ4v) is 2.45. The highest BCUT2D eigenvalue weighted by Gasteiger charge is 2.24. The summed E-state index contributed by atoms with van der Waals surface area (Å²) in [5, 5.41) is 14.2. The first-order valence-corrected chi connectivity index (χ1v) is 5.98. The molecule has 0 spiro atoms. The van der Waals surface area contributed by atoms with E-state index in [1.54, 1.807) is 17.5 Å². The van der Waals surface area contributed by atoms with E-state index in [0.717, 1.165) is 24.6 Å². The number of thiazole rings is 1. The maximum absolute atomic E-state index is 11.2. The Balaban J connectivity index is 1.85. The average molecular weight is 236 g/mol. The molecule has 84 valence electrons. The third-order valence-electron chi connectivity index (χ3n) is 2.48. The van der Waals surface area contributed by atoms with Crippen molar-refractivity contribution in [1.82, 2.24) is 10.3 Å². The predicted molar refractivity (Wildman–Crippen MR) is 61.1 cm³/mol. The normalized spacial score (nSPS) is 19.4. The van der Waals surface area contributed by atoms with Gasteiger partial charge in [-0.1, -0.05) is 0 Å². The van der Waals surface area contributed by atoms with Crippen LogP contribution in [0.4, 0.5) is 5.13 Å². The number of hydrogen-bond acceptors (Lipinski definition) is 5. The van der Waals surface area contributed by atoms with Crippen LogP contribution < -0.4 is 10.2 Å². The van der Waals surface area contributed by atoms with Crippen LogP contribution in [0.15, 0.2) is 11.6 Å². The highest BCUT2D eigenvalue weighted by atomic mass is 32.1. The van der Waals surface area contributed by atoms with Gasteiger partial charge in [0.2, 0.25) is 5.91 Å². The zero-order valence-corrected chi connectivity index (χ0v) is 9.54. The van der Waals surface area contributed by atoms with Crippen molar-refractivity contribution in [2.75, 3.05) is 18.0 Å². The number of aromatic nitrogens is 1. The van der Waals surface area contributed by atoms with Gasteiger partial charge in [0, 0.05) is 30.7 Å². The lowest BCUT2D eigenvalue weighted by atomic mass is 10.2. The quantitative estimate of drug-likeness (QED) is 0.841. The second-order valence-corrected chi connectivity index (χ2v) is 4.52. The van der Waals surface area contributed by atoms with E-state index < -0.39 is 0 Å². The fraction of sp³-hybridized carbons (Fsp3) is 0.500. The van der Waals surface area contributed by atoms with Crippen molar-refractivity contribution in [3.8, 4) is 6.07 Å². The Morgan fingerprint density at radius 1 is 1.81 bits per heavy atom. The van der Waals surface area contributed by atoms with Crippen LogP contribution in [0.3, 0.4) is 0 Å². The summed E-state index contributed by atoms with van der Waals surface area (Å²) < 4.78 is 0. The van der Waals surface area contributed by atoms with Gasteiger partial charge in [-0.05, 0) is 6.42 Å². The van der Waals surface area contributed by atoms with Gasteiger partial charge in [0.05, 0.1) is 6.07 Å². The summed E-state index contributed by atoms with van der Waals surface area (Å²) in [6.07, 6.45) is 2.63. The molecular formula is C10H12N4OS. The third-order valence-corrected chi connectivity index (χ3v) is 3.32. The van der Waals surface area contributed by atoms with Crippen LogP contribution in [0, 0.1) is 11.3 Å². The van der Waals surface area contributed by atoms with Crippen molar-refractivity contribution in [3.05, 3.63) is 11.6 Å². The Bertz CT molecular complexity index is 397. The van der Waals surface area contributed by atoms with Gasteiger partial charge in [0.1, 0.15) is 6.42 Å². The molecule has 0 saturated carbocycles. The zero-order valence-electron chi connectivity index (χ0n) is 8.72. The standard InChI is InChI=1S/C10H12N4OS/c11-3-1-9(15)13-8-2-5-14(7-8)10-12-4-6-16-10/h4,6,8H,1-2,5,7H2,(H,13,15). The SMILES string of the molecule is N#CCC(=O)NC1CCN(c2nccs2)C1. The van der Waals surface area contributed by atoms with Gasteiger partial charge in [-0.3, -0.25) is 4.79 Å². The topological polar surface area (TPSA) is 69.0 Å². The zero-order chi connectivity index (χ0) is 11.4. The minimum absolute atomic E-state index is 0.0618. The van der Waals surface area contributed by atoms with Crippen molar-refractivity contribution < 1.29 is 4.79 Å². The number of carbonyl (C=O) groups is 1. The van der Waals surface area contributed by atoms with E-state index in [-0.39, 0.29) is 18.4 Å². The first kappa shape index (κ1) is 10.9. The van der Waals surface area contributed by atoms with E-state index in [2.05, 4.69) is 15.2 Å². The number of hydrogen-bond donors (Lipinski definition) is 1. The largest absolute Gasteiger partial charge is 0.351 e. The molecule has 2 heterocycles. The molecule has 1 aliphatic rings. The number of amides is 1. The molecule has 1 aromatic rings. The second kappa shape index (κ2) is 4.94. The van der Waals surface area contributed by atoms with Gasteiger partial charge in [0.15, 0.2) is 5.13 Å². The Morgan fingerprint density at radius 3 is 3.38 bits per heavy atom. The average Bonchev–Trinajstić information content (AvgIpc) is 2.86. The molecule has 6 heteroatoms. The van der Waals surface area contributed by atoms with E-state index in [1.165, 1.54) is 0 Å². The molecule has 1 aromatic heterocycles. The molecule has 0 radical (unpaired) electrons. The summed E-state index contributed by atoms with van der Waals surface area (Å²) in [5.74, 6) is -0.187. The van der Waals surface area contributed by atoms with Crippen LogP contribution in [-0.2, 0) is 4.79 Å². The minimum atomic E-state index is -0.187. The third kappa shape index (κ3) is 2.49. The van der Waals surface area contributed by atoms with Gasteiger partial charge in [-0.2, -0.15) is 5.26 Å². The summed E-state index contributed by atoms with van der Waals surface area (Å²) in [5.41, 5.74) is 0. The lowest BCUT2D eigenvalue weighted by Crippen LogP contribution is -2.36. The molecule has 1 fully saturated rings. The Hall–Kier alpha value is -1.61. The predicted octanol–water partition coefficient (Wildman–Crippen LogP) is 0.752. The molecule has 1 saturated heterocycles. The number of carbonyl (C=O) groups excluding carboxylic acids is 1. The molecule has 0 aliphatic carbocycles. The van der Waals surface area contributed by atoms with E-state index >= 15 is 0 Å². The summed E-state index contributed by atoms with van der Waals surface area (Å²) in [7, 11) is 0. The lowest BCUT2D eigenvalue weighted by molar-refractivity contribution is -0.120. The van der Waals surface area contributed by atoms with Crippen LogP contribution in [0.25, 0.3) is 0 Å². The first-order chi connectivity index (χ1) is 7.79. The monoisotopic (exact) mass is 236 g/mol. The maximum Gasteiger partial charge on any atom is 0.234 e. The van der Waals surface area contributed by atoms with E-state index in [4.69, 9.17) is 5.26 Å². The minimum Gasteiger partial charge on any atom is -0.351 e. The number of nitrogens with one attached hydrogen (secondary N) is 1. The summed E-state index contributed by atoms with van der Waals surface area (Å²) in [6.45, 7) is 1.69. The van der Waals surface area contributed by atoms with Crippen LogP contribution in [0.5, 0.6) is 0 Å². The summed E-state index contributed by atoms with van der Waals surface area (Å²) >= 11 is 1.60. The molecule has 1 unspecified atom stereocenters. The Morgan fingerprint density at radius 2 is 2.69 bits per heavy atom. The second-order valence-electron chi connectivity index (χ2n) is 3.65. The Labute approximate surface area is 97.7 Å². The molecule has 1 N–H and O–H groups in total. The van der Waals surface area contributed by atoms with E-state index in [0.29, 0.717) is 0 Å².